The van der Waals surface area contributed by atoms with Crippen molar-refractivity contribution < 1.29 is 134 Å². The Morgan fingerprint density at radius 2 is 0.889 bits per heavy atom. The van der Waals surface area contributed by atoms with Crippen LogP contribution in [0.5, 0.6) is 0 Å². The fourth-order valence-corrected chi connectivity index (χ4v) is 15.4. The molecule has 0 aliphatic carbocycles. The number of fused-ring (bicyclic) bond motifs is 22. The van der Waals surface area contributed by atoms with E-state index in [1.54, 1.807) is 0 Å². The molecule has 0 unspecified atom stereocenters. The van der Waals surface area contributed by atoms with Crippen LogP contribution in [0.1, 0.15) is 16.6 Å². The van der Waals surface area contributed by atoms with E-state index in [0.29, 0.717) is 0 Å². The average molecular weight is 1580 g/mol. The summed E-state index contributed by atoms with van der Waals surface area (Å²) < 4.78 is 28.8. The maximum absolute atomic E-state index is 9.62. The molecule has 10 nitrogen and oxygen atoms in total. The summed E-state index contributed by atoms with van der Waals surface area (Å²) in [6.45, 7) is 1.13. The van der Waals surface area contributed by atoms with Crippen molar-refractivity contribution in [2.24, 2.45) is 0 Å². The molecule has 470 valence electrons. The zero-order chi connectivity index (χ0) is 66.7. The Bertz CT molecular complexity index is 6580. The van der Waals surface area contributed by atoms with Gasteiger partial charge >= 0.3 is 103 Å². The van der Waals surface area contributed by atoms with Crippen LogP contribution in [0.2, 0.25) is 0 Å². The summed E-state index contributed by atoms with van der Waals surface area (Å²) >= 11 is 9.49. The molecule has 20 aromatic rings. The van der Waals surface area contributed by atoms with Crippen molar-refractivity contribution in [1.82, 2.24) is 18.7 Å². The molecule has 6 heterocycles. The minimum absolute atomic E-state index is 0. The first-order valence-corrected chi connectivity index (χ1v) is 34.0. The minimum Gasteiger partial charge on any atom is -1.00 e. The molecule has 0 aliphatic heterocycles. The SMILES string of the molecule is Brc1cccc2c1oc1ccc(-n3c4ccccc4c4ccc5c(c6ccccc6n5-c5ccc6ccccc6c5)c43)cc12.Brc1cccc2c1oc1ccc(I)cc12.O=CO[O-].[2H]CC(C)=O.[H-].[K+].[K+].c1ccc2cc(-n3c4ccccc4c4c5[nH]c6ccccc6c5ccc43)ccc2c1. The Labute approximate surface area is 685 Å². The number of rotatable bonds is 4. The summed E-state index contributed by atoms with van der Waals surface area (Å²) in [5, 5.41) is 28.1. The third-order valence-electron chi connectivity index (χ3n) is 17.9. The molecular formula is C84H55Br2IK2N4O6. The largest absolute Gasteiger partial charge is 1.00 e. The molecule has 0 spiro atoms. The second-order valence-electron chi connectivity index (χ2n) is 23.7. The maximum Gasteiger partial charge on any atom is 1.00 e. The van der Waals surface area contributed by atoms with Gasteiger partial charge in [0.15, 0.2) is 0 Å². The van der Waals surface area contributed by atoms with Crippen molar-refractivity contribution >= 4 is 219 Å². The van der Waals surface area contributed by atoms with Gasteiger partial charge in [-0.05, 0) is 199 Å². The van der Waals surface area contributed by atoms with Gasteiger partial charge in [-0.15, -0.1) is 0 Å². The van der Waals surface area contributed by atoms with Crippen molar-refractivity contribution in [3.05, 3.63) is 292 Å². The number of para-hydroxylation sites is 6. The number of Topliss-reactive ketones (excluding diaryl/α,β-unsaturated/α-hetero) is 1. The maximum atomic E-state index is 9.62. The van der Waals surface area contributed by atoms with Crippen LogP contribution >= 0.6 is 54.5 Å². The number of carbonyl (C=O) groups excluding carboxylic acids is 2. The topological polar surface area (TPSA) is 123 Å². The van der Waals surface area contributed by atoms with E-state index in [2.05, 4.69) is 333 Å². The van der Waals surface area contributed by atoms with Crippen LogP contribution < -0.4 is 108 Å². The van der Waals surface area contributed by atoms with Crippen molar-refractivity contribution in [1.29, 1.82) is 0 Å². The van der Waals surface area contributed by atoms with Crippen LogP contribution in [0.4, 0.5) is 0 Å². The Balaban J connectivity index is 0.000000138. The van der Waals surface area contributed by atoms with Crippen molar-refractivity contribution in [2.75, 3.05) is 0 Å². The Kier molecular flexibility index (Phi) is 19.8. The van der Waals surface area contributed by atoms with Gasteiger partial charge in [-0.3, -0.25) is 4.79 Å². The van der Waals surface area contributed by atoms with E-state index in [0.717, 1.165) is 58.8 Å². The Hall–Kier alpha value is -7.54. The zero-order valence-electron chi connectivity index (χ0n) is 55.8. The molecule has 0 amide bonds. The van der Waals surface area contributed by atoms with E-state index < -0.39 is 0 Å². The van der Waals surface area contributed by atoms with Gasteiger partial charge in [0, 0.05) is 92.2 Å². The zero-order valence-corrected chi connectivity index (χ0v) is 65.3. The molecule has 14 aromatic carbocycles. The van der Waals surface area contributed by atoms with Gasteiger partial charge in [-0.25, -0.2) is 0 Å². The van der Waals surface area contributed by atoms with Gasteiger partial charge in [0.25, 0.3) is 6.47 Å². The molecular weight excluding hydrogens is 1530 g/mol. The summed E-state index contributed by atoms with van der Waals surface area (Å²) in [4.78, 5) is 24.6. The van der Waals surface area contributed by atoms with Crippen LogP contribution in [-0.4, -0.2) is 30.9 Å². The van der Waals surface area contributed by atoms with Gasteiger partial charge in [-0.1, -0.05) is 170 Å². The van der Waals surface area contributed by atoms with Crippen molar-refractivity contribution in [2.45, 2.75) is 13.8 Å². The van der Waals surface area contributed by atoms with Crippen LogP contribution in [0, 0.1) is 3.57 Å². The first kappa shape index (κ1) is 67.3. The molecule has 0 aliphatic rings. The Morgan fingerprint density at radius 3 is 1.45 bits per heavy atom. The molecule has 0 fully saturated rings. The molecule has 6 aromatic heterocycles. The first-order chi connectivity index (χ1) is 48.1. The third kappa shape index (κ3) is 12.6. The van der Waals surface area contributed by atoms with E-state index >= 15 is 0 Å². The number of ketones is 1. The molecule has 0 saturated carbocycles. The second-order valence-corrected chi connectivity index (χ2v) is 26.6. The Morgan fingerprint density at radius 1 is 0.455 bits per heavy atom. The third-order valence-corrected chi connectivity index (χ3v) is 19.8. The number of nitrogens with zero attached hydrogens (tertiary/aromatic N) is 3. The van der Waals surface area contributed by atoms with E-state index in [4.69, 9.17) is 20.3 Å². The molecule has 15 heteroatoms. The fraction of sp³-hybridized carbons (Fsp3) is 0.0238. The fourth-order valence-electron chi connectivity index (χ4n) is 14.0. The quantitative estimate of drug-likeness (QED) is 0.0615. The van der Waals surface area contributed by atoms with Crippen LogP contribution in [-0.2, 0) is 14.5 Å². The first-order valence-electron chi connectivity index (χ1n) is 32.0. The van der Waals surface area contributed by atoms with Gasteiger partial charge in [-0.2, -0.15) is 0 Å². The number of furan rings is 2. The van der Waals surface area contributed by atoms with Gasteiger partial charge in [0.2, 0.25) is 0 Å². The van der Waals surface area contributed by atoms with Gasteiger partial charge < -0.3 is 43.9 Å². The van der Waals surface area contributed by atoms with E-state index in [1.807, 2.05) is 24.3 Å². The molecule has 0 bridgehead atoms. The predicted octanol–water partition coefficient (Wildman–Crippen LogP) is 17.4. The average Bonchev–Trinajstić information content (AvgIpc) is 1.56. The summed E-state index contributed by atoms with van der Waals surface area (Å²) in [6, 6.07) is 99.7. The number of aromatic nitrogens is 4. The number of nitrogens with one attached hydrogen (secondary N) is 1. The molecule has 0 radical (unpaired) electrons. The van der Waals surface area contributed by atoms with Gasteiger partial charge in [0.05, 0.1) is 47.6 Å². The molecule has 0 saturated heterocycles. The van der Waals surface area contributed by atoms with Crippen LogP contribution in [0.25, 0.3) is 170 Å². The summed E-state index contributed by atoms with van der Waals surface area (Å²) in [6.07, 6.45) is 0. The monoisotopic (exact) mass is 1580 g/mol. The number of H-pyrrole nitrogens is 1. The number of halogens is 3. The minimum atomic E-state index is -0.181. The number of aromatic amines is 1. The smallest absolute Gasteiger partial charge is 1.00 e. The normalized spacial score (nSPS) is 11.4. The van der Waals surface area contributed by atoms with Crippen molar-refractivity contribution in [3.63, 3.8) is 0 Å². The standard InChI is InChI=1S/C40H23BrN2O.C28H18N2.C12H6BrIO.C3H6O.CH2O3.2K.H/c41-33-13-7-12-30-32-23-27(18-21-37(32)44-40(30)33)43-34-14-5-3-10-28(34)29-19-20-36-38(39(29)43)31-11-4-6-15-35(31)42(36)26-17-16-24-8-1-2-9-25(24)22-26;1-2-8-19-17-20(14-13-18(19)7-1)30-25-12-6-4-10-23(25)27-26(30)16-15-22-21-9-3-5-11-24(21)29-28(22)27;13-10-3-1-2-8-9-6-7(14)4-5-11(9)15-12(8)10;1-3(2)4;2-1-4-3;;;/h1-23H;1-17,29H;1-6H;1-2H3;1,3H;;;/q;;;;;2*+1;-1/p-1/i;;;1D;;;;. The van der Waals surface area contributed by atoms with Crippen molar-refractivity contribution in [3.8, 4) is 17.1 Å². The summed E-state index contributed by atoms with van der Waals surface area (Å²) in [5.74, 6) is -0.0787. The number of carbonyl (C=O) groups is 2. The number of hydrogen-bond donors (Lipinski definition) is 1. The molecule has 0 atom stereocenters. The van der Waals surface area contributed by atoms with Crippen LogP contribution in [0.15, 0.2) is 297 Å². The second kappa shape index (κ2) is 29.2. The molecule has 99 heavy (non-hydrogen) atoms. The number of hydrogen-bond acceptors (Lipinski definition) is 6. The molecule has 20 rings (SSSR count). The predicted molar refractivity (Wildman–Crippen MR) is 414 cm³/mol. The number of benzene rings is 14. The van der Waals surface area contributed by atoms with Crippen LogP contribution in [0.3, 0.4) is 0 Å². The van der Waals surface area contributed by atoms with E-state index in [-0.39, 0.29) is 123 Å². The summed E-state index contributed by atoms with van der Waals surface area (Å²) in [7, 11) is 0. The van der Waals surface area contributed by atoms with Gasteiger partial charge in [0.1, 0.15) is 28.1 Å². The molecule has 1 N–H and O–H groups in total. The van der Waals surface area contributed by atoms with E-state index in [9.17, 15) is 4.79 Å². The van der Waals surface area contributed by atoms with E-state index in [1.165, 1.54) is 130 Å². The summed E-state index contributed by atoms with van der Waals surface area (Å²) in [5.41, 5.74) is 16.7.